The Morgan fingerprint density at radius 2 is 1.59 bits per heavy atom. The van der Waals surface area contributed by atoms with Gasteiger partial charge in [-0.2, -0.15) is 13.2 Å². The van der Waals surface area contributed by atoms with Crippen LogP contribution in [0.1, 0.15) is 54.2 Å². The number of carboxylic acid groups (broad SMARTS) is 1. The van der Waals surface area contributed by atoms with Gasteiger partial charge < -0.3 is 32.5 Å². The van der Waals surface area contributed by atoms with Crippen molar-refractivity contribution in [1.29, 1.82) is 0 Å². The van der Waals surface area contributed by atoms with Crippen LogP contribution in [0, 0.1) is 5.92 Å². The molecule has 0 bridgehead atoms. The number of nitrogens with two attached hydrogens (primary N) is 2. The number of aromatic nitrogens is 2. The highest BCUT2D eigenvalue weighted by atomic mass is 32.1. The Hall–Kier alpha value is -5.43. The first-order chi connectivity index (χ1) is 25.5. The van der Waals surface area contributed by atoms with Crippen molar-refractivity contribution in [3.63, 3.8) is 0 Å². The van der Waals surface area contributed by atoms with Gasteiger partial charge in [0, 0.05) is 24.8 Å². The monoisotopic (exact) mass is 790 g/mol. The third-order valence-electron chi connectivity index (χ3n) is 7.60. The molecule has 0 aliphatic rings. The van der Waals surface area contributed by atoms with Crippen molar-refractivity contribution in [2.45, 2.75) is 70.3 Å². The molecule has 0 saturated heterocycles. The van der Waals surface area contributed by atoms with Crippen LogP contribution in [0.5, 0.6) is 0 Å². The zero-order valence-electron chi connectivity index (χ0n) is 29.3. The number of nitrogens with one attached hydrogen (secondary N) is 3. The third-order valence-corrected chi connectivity index (χ3v) is 9.29. The number of Topliss-reactive ketones (excluding diaryl/α,β-unsaturated/α-hetero) is 1. The van der Waals surface area contributed by atoms with E-state index in [9.17, 15) is 32.3 Å². The summed E-state index contributed by atoms with van der Waals surface area (Å²) >= 11 is 2.63. The first-order valence-electron chi connectivity index (χ1n) is 16.6. The molecule has 0 spiro atoms. The molecule has 3 amide bonds. The van der Waals surface area contributed by atoms with Crippen LogP contribution in [0.15, 0.2) is 70.5 Å². The first kappa shape index (κ1) is 43.0. The second-order valence-electron chi connectivity index (χ2n) is 12.2. The fraction of sp³-hybridized carbons (Fsp3) is 0.371. The van der Waals surface area contributed by atoms with Gasteiger partial charge in [0.05, 0.1) is 27.5 Å². The van der Waals surface area contributed by atoms with Crippen molar-refractivity contribution >= 4 is 68.3 Å². The molecule has 54 heavy (non-hydrogen) atoms. The number of para-hydroxylation sites is 1. The molecule has 2 aromatic heterocycles. The van der Waals surface area contributed by atoms with Crippen LogP contribution in [-0.4, -0.2) is 81.4 Å². The van der Waals surface area contributed by atoms with Crippen molar-refractivity contribution in [3.05, 3.63) is 81.8 Å². The van der Waals surface area contributed by atoms with E-state index in [0.29, 0.717) is 24.1 Å². The molecule has 0 aliphatic carbocycles. The van der Waals surface area contributed by atoms with Gasteiger partial charge in [0.1, 0.15) is 12.1 Å². The molecule has 4 rings (SSSR count). The van der Waals surface area contributed by atoms with E-state index in [4.69, 9.17) is 21.4 Å². The van der Waals surface area contributed by atoms with E-state index in [1.165, 1.54) is 22.7 Å². The largest absolute Gasteiger partial charge is 0.490 e. The minimum Gasteiger partial charge on any atom is -0.475 e. The van der Waals surface area contributed by atoms with Crippen LogP contribution in [0.3, 0.4) is 0 Å². The fourth-order valence-corrected chi connectivity index (χ4v) is 6.41. The first-order valence-corrected chi connectivity index (χ1v) is 18.4. The summed E-state index contributed by atoms with van der Waals surface area (Å²) in [7, 11) is 0. The summed E-state index contributed by atoms with van der Waals surface area (Å²) in [5.41, 5.74) is 14.9. The van der Waals surface area contributed by atoms with Crippen LogP contribution in [0.4, 0.5) is 13.2 Å². The van der Waals surface area contributed by atoms with Crippen LogP contribution in [0.25, 0.3) is 10.2 Å². The van der Waals surface area contributed by atoms with Gasteiger partial charge in [-0.05, 0) is 42.9 Å². The molecule has 14 nitrogen and oxygen atoms in total. The minimum atomic E-state index is -5.08. The number of halogens is 3. The highest BCUT2D eigenvalue weighted by Gasteiger charge is 2.38. The second-order valence-corrected chi connectivity index (χ2v) is 13.9. The molecule has 4 aromatic rings. The van der Waals surface area contributed by atoms with E-state index in [0.717, 1.165) is 10.3 Å². The Morgan fingerprint density at radius 3 is 2.19 bits per heavy atom. The van der Waals surface area contributed by atoms with E-state index in [-0.39, 0.29) is 54.4 Å². The smallest absolute Gasteiger partial charge is 0.475 e. The number of thiazole rings is 2. The lowest BCUT2D eigenvalue weighted by molar-refractivity contribution is -0.192. The number of aliphatic imine (C=N–C) groups is 1. The van der Waals surface area contributed by atoms with E-state index in [1.807, 2.05) is 60.0 Å². The van der Waals surface area contributed by atoms with E-state index in [2.05, 4.69) is 30.9 Å². The lowest BCUT2D eigenvalue weighted by Gasteiger charge is -2.27. The maximum Gasteiger partial charge on any atom is 0.490 e. The molecular weight excluding hydrogens is 750 g/mol. The summed E-state index contributed by atoms with van der Waals surface area (Å²) in [5.74, 6) is -4.86. The number of carbonyl (C=O) groups excluding carboxylic acids is 4. The number of fused-ring (bicyclic) bond motifs is 1. The number of amides is 3. The summed E-state index contributed by atoms with van der Waals surface area (Å²) in [6.45, 7) is 3.86. The number of nitrogens with zero attached hydrogens (tertiary/aromatic N) is 3. The number of benzene rings is 2. The van der Waals surface area contributed by atoms with Crippen LogP contribution < -0.4 is 27.4 Å². The maximum absolute atomic E-state index is 13.7. The number of hydrogen-bond donors (Lipinski definition) is 6. The van der Waals surface area contributed by atoms with Gasteiger partial charge in [0.15, 0.2) is 11.0 Å². The summed E-state index contributed by atoms with van der Waals surface area (Å²) in [4.78, 5) is 75.7. The Kier molecular flexibility index (Phi) is 16.5. The highest BCUT2D eigenvalue weighted by Crippen LogP contribution is 2.23. The summed E-state index contributed by atoms with van der Waals surface area (Å²) < 4.78 is 32.6. The van der Waals surface area contributed by atoms with Crippen LogP contribution in [0.2, 0.25) is 0 Å². The molecule has 290 valence electrons. The normalized spacial score (nSPS) is 12.8. The molecule has 2 aromatic carbocycles. The van der Waals surface area contributed by atoms with E-state index >= 15 is 0 Å². The maximum atomic E-state index is 13.7. The number of rotatable bonds is 17. The number of carbonyl (C=O) groups is 5. The Bertz CT molecular complexity index is 1850. The summed E-state index contributed by atoms with van der Waals surface area (Å²) in [6, 6.07) is 14.1. The van der Waals surface area contributed by atoms with Crippen molar-refractivity contribution < 1.29 is 42.3 Å². The highest BCUT2D eigenvalue weighted by molar-refractivity contribution is 7.20. The molecule has 0 unspecified atom stereocenters. The van der Waals surface area contributed by atoms with Crippen molar-refractivity contribution in [3.8, 4) is 0 Å². The van der Waals surface area contributed by atoms with Gasteiger partial charge in [-0.15, -0.1) is 22.7 Å². The average Bonchev–Trinajstić information content (AvgIpc) is 3.80. The number of carboxylic acids is 1. The number of hydrogen-bond acceptors (Lipinski definition) is 10. The van der Waals surface area contributed by atoms with Gasteiger partial charge in [-0.3, -0.25) is 24.2 Å². The SMILES string of the molecule is CC(C)[C@H](NC(=O)[C@H](Cc1cscn1)NC(=O)CCc1ccccc1)C(=O)N[C@@H](CCCN=C(N)N)C(=O)c1nc2ccccc2s1.O=C(O)C(F)(F)F. The number of ketones is 1. The molecule has 3 atom stereocenters. The standard InChI is InChI=1S/C33H40N8O4S2.C2HF3O2/c1-20(2)28(41-30(44)25(17-22-18-46-19-37-22)38-27(42)15-14-21-9-4-3-5-10-21)31(45)39-24(12-8-16-36-33(34)35)29(43)32-40-23-11-6-7-13-26(23)47-32;3-2(4,5)1(6)7/h3-7,9-11,13,18-20,24-25,28H,8,12,14-17H2,1-2H3,(H,38,42)(H,39,45)(H,41,44)(H4,34,35,36);(H,6,7)/t24-,25-,28-;/m0./s1. The third kappa shape index (κ3) is 14.2. The number of alkyl halides is 3. The van der Waals surface area contributed by atoms with Crippen molar-refractivity contribution in [1.82, 2.24) is 25.9 Å². The molecule has 0 radical (unpaired) electrons. The number of aryl methyl sites for hydroxylation is 1. The molecule has 2 heterocycles. The van der Waals surface area contributed by atoms with E-state index in [1.54, 1.807) is 19.4 Å². The number of aliphatic carboxylic acids is 1. The zero-order valence-corrected chi connectivity index (χ0v) is 31.0. The van der Waals surface area contributed by atoms with Crippen molar-refractivity contribution in [2.24, 2.45) is 22.4 Å². The minimum absolute atomic E-state index is 0.0648. The molecule has 0 fully saturated rings. The van der Waals surface area contributed by atoms with Crippen molar-refractivity contribution in [2.75, 3.05) is 6.54 Å². The van der Waals surface area contributed by atoms with Crippen LogP contribution >= 0.6 is 22.7 Å². The predicted molar refractivity (Wildman–Crippen MR) is 199 cm³/mol. The molecular formula is C35H41F3N8O6S2. The molecule has 19 heteroatoms. The summed E-state index contributed by atoms with van der Waals surface area (Å²) in [6.07, 6.45) is -3.55. The average molecular weight is 791 g/mol. The Balaban J connectivity index is 0.00000102. The Labute approximate surface area is 316 Å². The Morgan fingerprint density at radius 1 is 0.926 bits per heavy atom. The number of guanidine groups is 1. The van der Waals surface area contributed by atoms with Gasteiger partial charge >= 0.3 is 12.1 Å². The second kappa shape index (κ2) is 20.7. The lowest BCUT2D eigenvalue weighted by Crippen LogP contribution is -2.57. The van der Waals surface area contributed by atoms with Gasteiger partial charge in [0.2, 0.25) is 23.5 Å². The topological polar surface area (TPSA) is 232 Å². The fourth-order valence-electron chi connectivity index (χ4n) is 4.88. The zero-order chi connectivity index (χ0) is 39.8. The summed E-state index contributed by atoms with van der Waals surface area (Å²) in [5, 5.41) is 17.7. The predicted octanol–water partition coefficient (Wildman–Crippen LogP) is 3.61. The quantitative estimate of drug-likeness (QED) is 0.0394. The molecule has 0 aliphatic heterocycles. The van der Waals surface area contributed by atoms with Gasteiger partial charge in [0.25, 0.3) is 0 Å². The van der Waals surface area contributed by atoms with Gasteiger partial charge in [-0.25, -0.2) is 14.8 Å². The molecule has 0 saturated carbocycles. The molecule has 8 N–H and O–H groups in total. The van der Waals surface area contributed by atoms with Gasteiger partial charge in [-0.1, -0.05) is 56.3 Å². The lowest BCUT2D eigenvalue weighted by atomic mass is 10.00. The van der Waals surface area contributed by atoms with Crippen LogP contribution in [-0.2, 0) is 32.0 Å². The van der Waals surface area contributed by atoms with E-state index < -0.39 is 42.1 Å².